The molecule has 0 aliphatic heterocycles. The van der Waals surface area contributed by atoms with Crippen molar-refractivity contribution in [1.82, 2.24) is 14.5 Å². The zero-order valence-corrected chi connectivity index (χ0v) is 12.1. The number of aromatic nitrogens is 3. The van der Waals surface area contributed by atoms with Crippen molar-refractivity contribution < 1.29 is 0 Å². The van der Waals surface area contributed by atoms with E-state index in [2.05, 4.69) is 38.8 Å². The van der Waals surface area contributed by atoms with Crippen LogP contribution in [0.1, 0.15) is 29.3 Å². The first kappa shape index (κ1) is 12.4. The van der Waals surface area contributed by atoms with E-state index in [0.717, 1.165) is 36.1 Å². The van der Waals surface area contributed by atoms with Crippen LogP contribution in [0.25, 0.3) is 11.2 Å². The number of imidazole rings is 1. The number of benzene rings is 1. The van der Waals surface area contributed by atoms with E-state index in [1.54, 1.807) is 0 Å². The largest absolute Gasteiger partial charge is 0.369 e. The first-order valence-corrected chi connectivity index (χ1v) is 7.40. The quantitative estimate of drug-likeness (QED) is 0.744. The average Bonchev–Trinajstić information content (AvgIpc) is 2.82. The fourth-order valence-corrected chi connectivity index (χ4v) is 3.34. The molecule has 106 valence electrons. The Balaban J connectivity index is 1.81. The van der Waals surface area contributed by atoms with Gasteiger partial charge in [0.2, 0.25) is 5.95 Å². The van der Waals surface area contributed by atoms with E-state index in [9.17, 15) is 0 Å². The zero-order valence-electron chi connectivity index (χ0n) is 12.1. The first-order valence-electron chi connectivity index (χ1n) is 7.40. The van der Waals surface area contributed by atoms with Crippen molar-refractivity contribution in [2.24, 2.45) is 0 Å². The standard InChI is InChI=1S/C17H18N4/c1-11-6-9-15-16(19-11)21(17(18)20-15)14-8-7-12-4-2-3-5-13(12)10-14/h2-6,9,14H,7-8,10H2,1H3,(H2,18,20). The van der Waals surface area contributed by atoms with Crippen LogP contribution in [0, 0.1) is 6.92 Å². The highest BCUT2D eigenvalue weighted by Crippen LogP contribution is 2.32. The minimum Gasteiger partial charge on any atom is -0.369 e. The molecule has 1 aromatic carbocycles. The monoisotopic (exact) mass is 278 g/mol. The molecule has 0 saturated heterocycles. The van der Waals surface area contributed by atoms with Crippen LogP contribution in [-0.2, 0) is 12.8 Å². The maximum Gasteiger partial charge on any atom is 0.202 e. The molecule has 1 unspecified atom stereocenters. The van der Waals surface area contributed by atoms with Gasteiger partial charge < -0.3 is 5.73 Å². The Morgan fingerprint density at radius 1 is 1.10 bits per heavy atom. The molecule has 1 aliphatic carbocycles. The third-order valence-electron chi connectivity index (χ3n) is 4.39. The topological polar surface area (TPSA) is 56.7 Å². The summed E-state index contributed by atoms with van der Waals surface area (Å²) < 4.78 is 2.12. The highest BCUT2D eigenvalue weighted by atomic mass is 15.2. The van der Waals surface area contributed by atoms with Gasteiger partial charge >= 0.3 is 0 Å². The van der Waals surface area contributed by atoms with Crippen LogP contribution in [0.15, 0.2) is 36.4 Å². The molecule has 4 heteroatoms. The van der Waals surface area contributed by atoms with Crippen LogP contribution in [-0.4, -0.2) is 14.5 Å². The van der Waals surface area contributed by atoms with Crippen molar-refractivity contribution in [1.29, 1.82) is 0 Å². The van der Waals surface area contributed by atoms with Crippen molar-refractivity contribution in [3.63, 3.8) is 0 Å². The van der Waals surface area contributed by atoms with Gasteiger partial charge in [-0.3, -0.25) is 4.57 Å². The molecule has 0 spiro atoms. The van der Waals surface area contributed by atoms with Gasteiger partial charge in [0, 0.05) is 11.7 Å². The predicted octanol–water partition coefficient (Wildman–Crippen LogP) is 3.05. The summed E-state index contributed by atoms with van der Waals surface area (Å²) >= 11 is 0. The van der Waals surface area contributed by atoms with Crippen LogP contribution in [0.2, 0.25) is 0 Å². The van der Waals surface area contributed by atoms with Gasteiger partial charge in [-0.25, -0.2) is 9.97 Å². The second-order valence-electron chi connectivity index (χ2n) is 5.80. The molecule has 4 rings (SSSR count). The van der Waals surface area contributed by atoms with Gasteiger partial charge in [-0.2, -0.15) is 0 Å². The Morgan fingerprint density at radius 2 is 1.90 bits per heavy atom. The van der Waals surface area contributed by atoms with Crippen LogP contribution >= 0.6 is 0 Å². The fraction of sp³-hybridized carbons (Fsp3) is 0.294. The SMILES string of the molecule is Cc1ccc2nc(N)n(C3CCc4ccccc4C3)c2n1. The Labute approximate surface area is 123 Å². The number of nitrogens with zero attached hydrogens (tertiary/aromatic N) is 3. The summed E-state index contributed by atoms with van der Waals surface area (Å²) in [5, 5.41) is 0. The summed E-state index contributed by atoms with van der Waals surface area (Å²) in [4.78, 5) is 9.11. The van der Waals surface area contributed by atoms with Crippen LogP contribution in [0.4, 0.5) is 5.95 Å². The van der Waals surface area contributed by atoms with Gasteiger partial charge in [0.05, 0.1) is 0 Å². The minimum atomic E-state index is 0.346. The molecule has 21 heavy (non-hydrogen) atoms. The summed E-state index contributed by atoms with van der Waals surface area (Å²) in [6.45, 7) is 2.00. The van der Waals surface area contributed by atoms with Crippen molar-refractivity contribution in [3.8, 4) is 0 Å². The second kappa shape index (κ2) is 4.58. The van der Waals surface area contributed by atoms with Gasteiger partial charge in [-0.1, -0.05) is 24.3 Å². The molecule has 0 fully saturated rings. The van der Waals surface area contributed by atoms with E-state index in [1.165, 1.54) is 11.1 Å². The number of fused-ring (bicyclic) bond motifs is 2. The molecule has 0 radical (unpaired) electrons. The molecule has 2 heterocycles. The molecule has 0 saturated carbocycles. The van der Waals surface area contributed by atoms with Gasteiger partial charge in [0.15, 0.2) is 5.65 Å². The number of rotatable bonds is 1. The molecule has 0 amide bonds. The van der Waals surface area contributed by atoms with E-state index in [-0.39, 0.29) is 0 Å². The van der Waals surface area contributed by atoms with E-state index < -0.39 is 0 Å². The Kier molecular flexibility index (Phi) is 2.70. The number of aryl methyl sites for hydroxylation is 2. The highest BCUT2D eigenvalue weighted by molar-refractivity contribution is 5.74. The first-order chi connectivity index (χ1) is 10.2. The average molecular weight is 278 g/mol. The summed E-state index contributed by atoms with van der Waals surface area (Å²) in [5.74, 6) is 0.576. The third-order valence-corrected chi connectivity index (χ3v) is 4.39. The lowest BCUT2D eigenvalue weighted by Gasteiger charge is -2.26. The number of nitrogens with two attached hydrogens (primary N) is 1. The molecular formula is C17H18N4. The zero-order chi connectivity index (χ0) is 14.4. The molecule has 1 aliphatic rings. The van der Waals surface area contributed by atoms with Crippen LogP contribution < -0.4 is 5.73 Å². The summed E-state index contributed by atoms with van der Waals surface area (Å²) in [5.41, 5.74) is 11.8. The van der Waals surface area contributed by atoms with E-state index >= 15 is 0 Å². The molecule has 4 nitrogen and oxygen atoms in total. The van der Waals surface area contributed by atoms with Gasteiger partial charge in [0.25, 0.3) is 0 Å². The van der Waals surface area contributed by atoms with Gasteiger partial charge in [0.1, 0.15) is 5.52 Å². The third kappa shape index (κ3) is 1.98. The lowest BCUT2D eigenvalue weighted by molar-refractivity contribution is 0.455. The van der Waals surface area contributed by atoms with Crippen LogP contribution in [0.5, 0.6) is 0 Å². The second-order valence-corrected chi connectivity index (χ2v) is 5.80. The maximum absolute atomic E-state index is 6.17. The lowest BCUT2D eigenvalue weighted by atomic mass is 9.88. The number of anilines is 1. The van der Waals surface area contributed by atoms with Crippen molar-refractivity contribution in [3.05, 3.63) is 53.2 Å². The van der Waals surface area contributed by atoms with E-state index in [4.69, 9.17) is 5.73 Å². The number of nitrogen functional groups attached to an aromatic ring is 1. The molecule has 0 bridgehead atoms. The minimum absolute atomic E-state index is 0.346. The smallest absolute Gasteiger partial charge is 0.202 e. The summed E-state index contributed by atoms with van der Waals surface area (Å²) in [6, 6.07) is 13.0. The lowest BCUT2D eigenvalue weighted by Crippen LogP contribution is -2.20. The van der Waals surface area contributed by atoms with Crippen molar-refractivity contribution >= 4 is 17.1 Å². The van der Waals surface area contributed by atoms with E-state index in [0.29, 0.717) is 12.0 Å². The van der Waals surface area contributed by atoms with E-state index in [1.807, 2.05) is 19.1 Å². The molecule has 3 aromatic rings. The van der Waals surface area contributed by atoms with Crippen molar-refractivity contribution in [2.45, 2.75) is 32.2 Å². The summed E-state index contributed by atoms with van der Waals surface area (Å²) in [7, 11) is 0. The molecule has 1 atom stereocenters. The number of pyridine rings is 1. The van der Waals surface area contributed by atoms with Gasteiger partial charge in [-0.15, -0.1) is 0 Å². The molecular weight excluding hydrogens is 260 g/mol. The highest BCUT2D eigenvalue weighted by Gasteiger charge is 2.23. The number of hydrogen-bond donors (Lipinski definition) is 1. The predicted molar refractivity (Wildman–Crippen MR) is 84.2 cm³/mol. The van der Waals surface area contributed by atoms with Crippen LogP contribution in [0.3, 0.4) is 0 Å². The fourth-order valence-electron chi connectivity index (χ4n) is 3.34. The summed E-state index contributed by atoms with van der Waals surface area (Å²) in [6.07, 6.45) is 3.18. The number of hydrogen-bond acceptors (Lipinski definition) is 3. The maximum atomic E-state index is 6.17. The molecule has 2 N–H and O–H groups in total. The Hall–Kier alpha value is -2.36. The molecule has 2 aromatic heterocycles. The van der Waals surface area contributed by atoms with Crippen molar-refractivity contribution in [2.75, 3.05) is 5.73 Å². The van der Waals surface area contributed by atoms with Gasteiger partial charge in [-0.05, 0) is 49.4 Å². The normalized spacial score (nSPS) is 17.9. The Bertz CT molecular complexity index is 819. The Morgan fingerprint density at radius 3 is 2.76 bits per heavy atom.